The number of rotatable bonds is 3. The number of aromatic hydroxyl groups is 1. The Balaban J connectivity index is 2.06. The second-order valence-electron chi connectivity index (χ2n) is 3.63. The number of hydrogen-bond donors (Lipinski definition) is 2. The lowest BCUT2D eigenvalue weighted by atomic mass is 10.2. The van der Waals surface area contributed by atoms with Crippen molar-refractivity contribution in [3.05, 3.63) is 49.2 Å². The smallest absolute Gasteiger partial charge is 0.307 e. The normalized spacial score (nSPS) is 10.9. The third-order valence-corrected chi connectivity index (χ3v) is 4.43. The summed E-state index contributed by atoms with van der Waals surface area (Å²) in [5.41, 5.74) is 2.78. The Kier molecular flexibility index (Phi) is 5.00. The summed E-state index contributed by atoms with van der Waals surface area (Å²) in [6.45, 7) is 0. The predicted molar refractivity (Wildman–Crippen MR) is 85.0 cm³/mol. The van der Waals surface area contributed by atoms with Crippen LogP contribution in [0.2, 0.25) is 0 Å². The summed E-state index contributed by atoms with van der Waals surface area (Å²) in [6.07, 6.45) is 1.34. The Hall–Kier alpha value is -1.12. The van der Waals surface area contributed by atoms with Crippen molar-refractivity contribution in [3.8, 4) is 5.75 Å². The van der Waals surface area contributed by atoms with E-state index in [0.29, 0.717) is 14.7 Å². The van der Waals surface area contributed by atoms with E-state index in [4.69, 9.17) is 4.42 Å². The number of carbonyl (C=O) groups is 1. The van der Waals surface area contributed by atoms with Crippen LogP contribution in [0.5, 0.6) is 5.75 Å². The molecule has 0 unspecified atom stereocenters. The van der Waals surface area contributed by atoms with Crippen LogP contribution < -0.4 is 5.43 Å². The summed E-state index contributed by atoms with van der Waals surface area (Å²) in [7, 11) is 0. The van der Waals surface area contributed by atoms with Crippen molar-refractivity contribution in [1.82, 2.24) is 5.43 Å². The highest BCUT2D eigenvalue weighted by Crippen LogP contribution is 2.26. The third-order valence-electron chi connectivity index (χ3n) is 2.23. The molecule has 104 valence electrons. The number of hydrazone groups is 1. The molecule has 0 radical (unpaired) electrons. The monoisotopic (exact) mass is 464 g/mol. The first kappa shape index (κ1) is 15.3. The lowest BCUT2D eigenvalue weighted by Gasteiger charge is -1.99. The highest BCUT2D eigenvalue weighted by atomic mass is 79.9. The molecular weight excluding hydrogens is 460 g/mol. The van der Waals surface area contributed by atoms with Crippen molar-refractivity contribution >= 4 is 59.9 Å². The van der Waals surface area contributed by atoms with Gasteiger partial charge in [0, 0.05) is 16.1 Å². The van der Waals surface area contributed by atoms with Gasteiger partial charge in [0.15, 0.2) is 10.4 Å². The maximum Gasteiger partial charge on any atom is 0.307 e. The first-order valence-corrected chi connectivity index (χ1v) is 7.62. The molecule has 5 nitrogen and oxygen atoms in total. The summed E-state index contributed by atoms with van der Waals surface area (Å²) < 4.78 is 7.00. The van der Waals surface area contributed by atoms with E-state index in [1.807, 2.05) is 0 Å². The second kappa shape index (κ2) is 6.55. The van der Waals surface area contributed by atoms with Crippen LogP contribution >= 0.6 is 47.8 Å². The van der Waals surface area contributed by atoms with Crippen molar-refractivity contribution < 1.29 is 14.3 Å². The zero-order valence-electron chi connectivity index (χ0n) is 9.73. The molecule has 0 fully saturated rings. The number of carbonyl (C=O) groups excluding carboxylic acids is 1. The summed E-state index contributed by atoms with van der Waals surface area (Å²) in [5, 5.41) is 13.4. The van der Waals surface area contributed by atoms with Gasteiger partial charge < -0.3 is 9.52 Å². The van der Waals surface area contributed by atoms with Crippen molar-refractivity contribution in [2.45, 2.75) is 0 Å². The van der Waals surface area contributed by atoms with Crippen molar-refractivity contribution in [2.24, 2.45) is 5.10 Å². The Morgan fingerprint density at radius 3 is 2.70 bits per heavy atom. The number of nitrogens with zero attached hydrogens (tertiary/aromatic N) is 1. The number of nitrogens with one attached hydrogen (secondary N) is 1. The minimum absolute atomic E-state index is 0.0645. The van der Waals surface area contributed by atoms with Gasteiger partial charge in [0.1, 0.15) is 5.75 Å². The molecule has 2 aromatic rings. The summed E-state index contributed by atoms with van der Waals surface area (Å²) in [6, 6.07) is 6.41. The molecule has 1 heterocycles. The maximum absolute atomic E-state index is 11.7. The quantitative estimate of drug-likeness (QED) is 0.529. The number of phenolic OH excluding ortho intramolecular Hbond substituents is 1. The van der Waals surface area contributed by atoms with Crippen LogP contribution in [0.3, 0.4) is 0 Å². The lowest BCUT2D eigenvalue weighted by molar-refractivity contribution is 0.0926. The topological polar surface area (TPSA) is 74.8 Å². The SMILES string of the molecule is O=C(N/N=C/c1cc(Br)ccc1O)c1cc(Br)c(Br)o1. The van der Waals surface area contributed by atoms with E-state index in [2.05, 4.69) is 58.3 Å². The number of furan rings is 1. The van der Waals surface area contributed by atoms with Gasteiger partial charge in [-0.25, -0.2) is 5.43 Å². The fourth-order valence-corrected chi connectivity index (χ4v) is 2.26. The average molecular weight is 467 g/mol. The van der Waals surface area contributed by atoms with E-state index < -0.39 is 5.91 Å². The van der Waals surface area contributed by atoms with E-state index in [9.17, 15) is 9.90 Å². The van der Waals surface area contributed by atoms with Crippen LogP contribution in [0, 0.1) is 0 Å². The highest BCUT2D eigenvalue weighted by Gasteiger charge is 2.13. The number of phenols is 1. The van der Waals surface area contributed by atoms with Gasteiger partial charge in [-0.2, -0.15) is 5.10 Å². The van der Waals surface area contributed by atoms with E-state index >= 15 is 0 Å². The molecule has 8 heteroatoms. The molecule has 20 heavy (non-hydrogen) atoms. The van der Waals surface area contributed by atoms with Crippen molar-refractivity contribution in [1.29, 1.82) is 0 Å². The fourth-order valence-electron chi connectivity index (χ4n) is 1.30. The molecule has 0 spiro atoms. The standard InChI is InChI=1S/C12H7Br3N2O3/c13-7-1-2-9(18)6(3-7)5-16-17-12(19)10-4-8(14)11(15)20-10/h1-5,18H,(H,17,19)/b16-5+. The first-order valence-electron chi connectivity index (χ1n) is 5.24. The largest absolute Gasteiger partial charge is 0.507 e. The summed E-state index contributed by atoms with van der Waals surface area (Å²) in [5.74, 6) is -0.323. The zero-order chi connectivity index (χ0) is 14.7. The van der Waals surface area contributed by atoms with Gasteiger partial charge in [-0.15, -0.1) is 0 Å². The van der Waals surface area contributed by atoms with Crippen LogP contribution in [0.1, 0.15) is 16.1 Å². The van der Waals surface area contributed by atoms with Crippen LogP contribution in [0.25, 0.3) is 0 Å². The molecule has 2 rings (SSSR count). The Bertz CT molecular complexity index is 663. The molecule has 1 amide bonds. The predicted octanol–water partition coefficient (Wildman–Crippen LogP) is 4.04. The van der Waals surface area contributed by atoms with E-state index in [1.165, 1.54) is 18.3 Å². The molecule has 0 saturated heterocycles. The van der Waals surface area contributed by atoms with Gasteiger partial charge in [0.25, 0.3) is 0 Å². The Labute approximate surface area is 139 Å². The fraction of sp³-hybridized carbons (Fsp3) is 0. The summed E-state index contributed by atoms with van der Waals surface area (Å²) in [4.78, 5) is 11.7. The summed E-state index contributed by atoms with van der Waals surface area (Å²) >= 11 is 9.62. The van der Waals surface area contributed by atoms with Crippen LogP contribution in [-0.4, -0.2) is 17.2 Å². The number of amides is 1. The maximum atomic E-state index is 11.7. The molecule has 2 N–H and O–H groups in total. The molecule has 0 aliphatic carbocycles. The minimum Gasteiger partial charge on any atom is -0.507 e. The second-order valence-corrected chi connectivity index (χ2v) is 6.12. The third kappa shape index (κ3) is 3.71. The molecule has 0 atom stereocenters. The van der Waals surface area contributed by atoms with Gasteiger partial charge in [0.2, 0.25) is 0 Å². The van der Waals surface area contributed by atoms with E-state index in [-0.39, 0.29) is 11.5 Å². The molecule has 0 bridgehead atoms. The first-order chi connectivity index (χ1) is 9.47. The van der Waals surface area contributed by atoms with Gasteiger partial charge in [-0.1, -0.05) is 15.9 Å². The average Bonchev–Trinajstić information content (AvgIpc) is 2.74. The number of hydrogen-bond acceptors (Lipinski definition) is 4. The molecular formula is C12H7Br3N2O3. The van der Waals surface area contributed by atoms with Crippen molar-refractivity contribution in [3.63, 3.8) is 0 Å². The van der Waals surface area contributed by atoms with Gasteiger partial charge in [-0.3, -0.25) is 4.79 Å². The van der Waals surface area contributed by atoms with Crippen LogP contribution in [0.15, 0.2) is 47.4 Å². The molecule has 0 saturated carbocycles. The van der Waals surface area contributed by atoms with Gasteiger partial charge in [0.05, 0.1) is 10.7 Å². The minimum atomic E-state index is -0.498. The number of halogens is 3. The molecule has 0 aliphatic rings. The van der Waals surface area contributed by atoms with E-state index in [0.717, 1.165) is 4.47 Å². The molecule has 1 aromatic heterocycles. The lowest BCUT2D eigenvalue weighted by Crippen LogP contribution is -2.16. The molecule has 1 aromatic carbocycles. The van der Waals surface area contributed by atoms with Gasteiger partial charge >= 0.3 is 5.91 Å². The Morgan fingerprint density at radius 1 is 1.30 bits per heavy atom. The van der Waals surface area contributed by atoms with E-state index in [1.54, 1.807) is 12.1 Å². The molecule has 0 aliphatic heterocycles. The number of benzene rings is 1. The zero-order valence-corrected chi connectivity index (χ0v) is 14.5. The van der Waals surface area contributed by atoms with Crippen LogP contribution in [0.4, 0.5) is 0 Å². The van der Waals surface area contributed by atoms with Crippen molar-refractivity contribution in [2.75, 3.05) is 0 Å². The Morgan fingerprint density at radius 2 is 2.05 bits per heavy atom. The van der Waals surface area contributed by atoms with Gasteiger partial charge in [-0.05, 0) is 50.1 Å². The highest BCUT2D eigenvalue weighted by molar-refractivity contribution is 9.13. The van der Waals surface area contributed by atoms with Crippen LogP contribution in [-0.2, 0) is 0 Å².